The first-order chi connectivity index (χ1) is 17.3. The summed E-state index contributed by atoms with van der Waals surface area (Å²) < 4.78 is 0. The number of hydrogen-bond acceptors (Lipinski definition) is 1. The van der Waals surface area contributed by atoms with Gasteiger partial charge in [-0.2, -0.15) is 0 Å². The molecule has 0 bridgehead atoms. The molecule has 0 saturated heterocycles. The van der Waals surface area contributed by atoms with Crippen LogP contribution in [0, 0.1) is 0 Å². The van der Waals surface area contributed by atoms with Crippen molar-refractivity contribution in [2.45, 2.75) is 24.7 Å². The summed E-state index contributed by atoms with van der Waals surface area (Å²) >= 11 is 0. The lowest BCUT2D eigenvalue weighted by Gasteiger charge is -2.44. The fourth-order valence-electron chi connectivity index (χ4n) is 6.01. The van der Waals surface area contributed by atoms with Crippen molar-refractivity contribution >= 4 is 11.4 Å². The normalized spacial score (nSPS) is 17.5. The van der Waals surface area contributed by atoms with E-state index >= 15 is 0 Å². The third-order valence-electron chi connectivity index (χ3n) is 7.88. The maximum Gasteiger partial charge on any atom is 0.0384 e. The molecule has 35 heavy (non-hydrogen) atoms. The van der Waals surface area contributed by atoms with Gasteiger partial charge in [0.2, 0.25) is 0 Å². The summed E-state index contributed by atoms with van der Waals surface area (Å²) in [6, 6.07) is 44.0. The molecule has 2 unspecified atom stereocenters. The maximum absolute atomic E-state index is 3.56. The summed E-state index contributed by atoms with van der Waals surface area (Å²) in [5, 5.41) is 3.56. The van der Waals surface area contributed by atoms with E-state index in [0.29, 0.717) is 11.8 Å². The first-order valence-corrected chi connectivity index (χ1v) is 12.6. The molecule has 1 nitrogen and oxygen atoms in total. The molecule has 5 aromatic rings. The van der Waals surface area contributed by atoms with E-state index in [1.807, 2.05) is 0 Å². The standard InChI is InChI=1S/C34H27N/c1-2-7-23(8-3-1)24-13-17-26(18-14-24)35-27-19-15-25(16-20-27)28-11-6-12-32-30-10-5-4-9-29(30)31-21-22-33(31)34(28)32/h1-20,31,33,35H,21-22H2. The van der Waals surface area contributed by atoms with Crippen molar-refractivity contribution in [2.24, 2.45) is 0 Å². The highest BCUT2D eigenvalue weighted by Crippen LogP contribution is 2.59. The van der Waals surface area contributed by atoms with E-state index in [-0.39, 0.29) is 0 Å². The van der Waals surface area contributed by atoms with Crippen LogP contribution in [0.2, 0.25) is 0 Å². The van der Waals surface area contributed by atoms with Gasteiger partial charge in [0.05, 0.1) is 0 Å². The molecule has 2 atom stereocenters. The minimum Gasteiger partial charge on any atom is -0.356 e. The van der Waals surface area contributed by atoms with Crippen LogP contribution >= 0.6 is 0 Å². The van der Waals surface area contributed by atoms with Crippen LogP contribution in [0.25, 0.3) is 33.4 Å². The monoisotopic (exact) mass is 449 g/mol. The van der Waals surface area contributed by atoms with Gasteiger partial charge >= 0.3 is 0 Å². The molecule has 1 fully saturated rings. The van der Waals surface area contributed by atoms with E-state index < -0.39 is 0 Å². The van der Waals surface area contributed by atoms with E-state index in [0.717, 1.165) is 11.4 Å². The van der Waals surface area contributed by atoms with Crippen molar-refractivity contribution in [3.63, 3.8) is 0 Å². The molecule has 168 valence electrons. The predicted molar refractivity (Wildman–Crippen MR) is 147 cm³/mol. The zero-order valence-corrected chi connectivity index (χ0v) is 19.6. The van der Waals surface area contributed by atoms with E-state index in [1.54, 1.807) is 11.1 Å². The number of nitrogens with one attached hydrogen (secondary N) is 1. The second-order valence-corrected chi connectivity index (χ2v) is 9.79. The Morgan fingerprint density at radius 3 is 1.71 bits per heavy atom. The Balaban J connectivity index is 1.17. The van der Waals surface area contributed by atoms with Crippen LogP contribution in [-0.2, 0) is 0 Å². The van der Waals surface area contributed by atoms with Gasteiger partial charge in [0.15, 0.2) is 0 Å². The Hall–Kier alpha value is -4.10. The summed E-state index contributed by atoms with van der Waals surface area (Å²) in [5.41, 5.74) is 13.3. The van der Waals surface area contributed by atoms with Crippen LogP contribution in [0.1, 0.15) is 35.8 Å². The molecule has 5 aromatic carbocycles. The molecule has 2 aliphatic carbocycles. The predicted octanol–water partition coefficient (Wildman–Crippen LogP) is 9.41. The molecule has 0 aromatic heterocycles. The van der Waals surface area contributed by atoms with Gasteiger partial charge in [-0.3, -0.25) is 0 Å². The summed E-state index contributed by atoms with van der Waals surface area (Å²) in [5.74, 6) is 1.33. The van der Waals surface area contributed by atoms with E-state index in [1.165, 1.54) is 46.2 Å². The van der Waals surface area contributed by atoms with Gasteiger partial charge in [-0.1, -0.05) is 97.1 Å². The minimum atomic E-state index is 0.650. The van der Waals surface area contributed by atoms with Crippen LogP contribution in [0.5, 0.6) is 0 Å². The van der Waals surface area contributed by atoms with Gasteiger partial charge in [0.1, 0.15) is 0 Å². The third kappa shape index (κ3) is 3.47. The highest BCUT2D eigenvalue weighted by Gasteiger charge is 2.40. The molecular formula is C34H27N. The molecule has 0 aliphatic heterocycles. The Morgan fingerprint density at radius 1 is 0.429 bits per heavy atom. The fraction of sp³-hybridized carbons (Fsp3) is 0.118. The average Bonchev–Trinajstić information content (AvgIpc) is 2.90. The minimum absolute atomic E-state index is 0.650. The van der Waals surface area contributed by atoms with E-state index in [9.17, 15) is 0 Å². The molecule has 0 radical (unpaired) electrons. The molecule has 1 heteroatoms. The van der Waals surface area contributed by atoms with Crippen molar-refractivity contribution in [1.82, 2.24) is 0 Å². The van der Waals surface area contributed by atoms with Crippen LogP contribution in [-0.4, -0.2) is 0 Å². The second-order valence-electron chi connectivity index (χ2n) is 9.79. The number of hydrogen-bond donors (Lipinski definition) is 1. The number of benzene rings is 5. The van der Waals surface area contributed by atoms with Crippen molar-refractivity contribution in [3.05, 3.63) is 132 Å². The van der Waals surface area contributed by atoms with Crippen molar-refractivity contribution in [3.8, 4) is 33.4 Å². The zero-order chi connectivity index (χ0) is 23.2. The molecule has 0 spiro atoms. The highest BCUT2D eigenvalue weighted by atomic mass is 14.9. The smallest absolute Gasteiger partial charge is 0.0384 e. The Bertz CT molecular complexity index is 1500. The second kappa shape index (κ2) is 8.29. The molecule has 0 heterocycles. The van der Waals surface area contributed by atoms with Crippen LogP contribution < -0.4 is 5.32 Å². The SMILES string of the molecule is c1ccc(-c2ccc(Nc3ccc(-c4cccc5c4C4CCC4c4ccccc4-5)cc3)cc2)cc1. The maximum atomic E-state index is 3.56. The lowest BCUT2D eigenvalue weighted by molar-refractivity contribution is 0.344. The molecule has 2 aliphatic rings. The van der Waals surface area contributed by atoms with Gasteiger partial charge in [-0.25, -0.2) is 0 Å². The molecule has 7 rings (SSSR count). The van der Waals surface area contributed by atoms with Gasteiger partial charge < -0.3 is 5.32 Å². The summed E-state index contributed by atoms with van der Waals surface area (Å²) in [6.07, 6.45) is 2.60. The van der Waals surface area contributed by atoms with Crippen molar-refractivity contribution in [2.75, 3.05) is 5.32 Å². The fourth-order valence-corrected chi connectivity index (χ4v) is 6.01. The van der Waals surface area contributed by atoms with Crippen molar-refractivity contribution in [1.29, 1.82) is 0 Å². The topological polar surface area (TPSA) is 12.0 Å². The Kier molecular flexibility index (Phi) is 4.80. The van der Waals surface area contributed by atoms with Crippen LogP contribution in [0.15, 0.2) is 121 Å². The van der Waals surface area contributed by atoms with Gasteiger partial charge in [-0.15, -0.1) is 0 Å². The number of fused-ring (bicyclic) bond motifs is 6. The zero-order valence-electron chi connectivity index (χ0n) is 19.6. The number of rotatable bonds is 4. The lowest BCUT2D eigenvalue weighted by Crippen LogP contribution is -2.27. The summed E-state index contributed by atoms with van der Waals surface area (Å²) in [6.45, 7) is 0. The average molecular weight is 450 g/mol. The van der Waals surface area contributed by atoms with Crippen molar-refractivity contribution < 1.29 is 0 Å². The molecule has 1 saturated carbocycles. The van der Waals surface area contributed by atoms with Gasteiger partial charge in [0, 0.05) is 11.4 Å². The van der Waals surface area contributed by atoms with Crippen LogP contribution in [0.4, 0.5) is 11.4 Å². The molecular weight excluding hydrogens is 422 g/mol. The first kappa shape index (κ1) is 20.3. The molecule has 1 N–H and O–H groups in total. The van der Waals surface area contributed by atoms with Gasteiger partial charge in [-0.05, 0) is 93.5 Å². The quantitative estimate of drug-likeness (QED) is 0.288. The summed E-state index contributed by atoms with van der Waals surface area (Å²) in [4.78, 5) is 0. The van der Waals surface area contributed by atoms with E-state index in [2.05, 4.69) is 127 Å². The van der Waals surface area contributed by atoms with E-state index in [4.69, 9.17) is 0 Å². The highest BCUT2D eigenvalue weighted by molar-refractivity contribution is 5.84. The van der Waals surface area contributed by atoms with Gasteiger partial charge in [0.25, 0.3) is 0 Å². The molecule has 0 amide bonds. The number of anilines is 2. The Morgan fingerprint density at radius 2 is 1.00 bits per heavy atom. The summed E-state index contributed by atoms with van der Waals surface area (Å²) in [7, 11) is 0. The van der Waals surface area contributed by atoms with Crippen LogP contribution in [0.3, 0.4) is 0 Å². The first-order valence-electron chi connectivity index (χ1n) is 12.6. The lowest BCUT2D eigenvalue weighted by atomic mass is 9.60. The third-order valence-corrected chi connectivity index (χ3v) is 7.88. The Labute approximate surface area is 207 Å². The largest absolute Gasteiger partial charge is 0.356 e.